The molecule has 19 heavy (non-hydrogen) atoms. The van der Waals surface area contributed by atoms with Crippen LogP contribution in [0.25, 0.3) is 10.8 Å². The number of aromatic hydroxyl groups is 1. The molecule has 0 unspecified atom stereocenters. The first kappa shape index (κ1) is 13.6. The number of nitrogens with two attached hydrogens (primary N) is 1. The lowest BCUT2D eigenvalue weighted by Gasteiger charge is -2.13. The third-order valence-corrected chi connectivity index (χ3v) is 3.90. The maximum absolute atomic E-state index is 11.0. The Labute approximate surface area is 111 Å². The van der Waals surface area contributed by atoms with Gasteiger partial charge in [0.2, 0.25) is 0 Å². The molecule has 0 saturated carbocycles. The Morgan fingerprint density at radius 2 is 1.89 bits per heavy atom. The molecule has 102 valence electrons. The van der Waals surface area contributed by atoms with Crippen molar-refractivity contribution in [3.63, 3.8) is 0 Å². The van der Waals surface area contributed by atoms with E-state index in [0.717, 1.165) is 5.56 Å². The van der Waals surface area contributed by atoms with Crippen LogP contribution in [0.3, 0.4) is 0 Å². The molecule has 0 aromatic heterocycles. The van der Waals surface area contributed by atoms with Gasteiger partial charge in [-0.15, -0.1) is 0 Å². The molecule has 6 heteroatoms. The topological polar surface area (TPSA) is 101 Å². The summed E-state index contributed by atoms with van der Waals surface area (Å²) in [5.74, 6) is -0.575. The molecule has 0 heterocycles. The molecule has 0 bridgehead atoms. The number of fused-ring (bicyclic) bond motifs is 1. The lowest BCUT2D eigenvalue weighted by atomic mass is 9.97. The zero-order valence-corrected chi connectivity index (χ0v) is 11.5. The molecule has 4 N–H and O–H groups in total. The van der Waals surface area contributed by atoms with E-state index in [4.69, 9.17) is 10.3 Å². The quantitative estimate of drug-likeness (QED) is 0.578. The largest absolute Gasteiger partial charge is 0.507 e. The van der Waals surface area contributed by atoms with Crippen LogP contribution in [0, 0.1) is 13.8 Å². The predicted octanol–water partition coefficient (Wildman–Crippen LogP) is 2.13. The highest BCUT2D eigenvalue weighted by molar-refractivity contribution is 7.85. The fraction of sp³-hybridized carbons (Fsp3) is 0.231. The molecule has 0 aliphatic carbocycles. The molecule has 0 fully saturated rings. The molecule has 2 aromatic carbocycles. The predicted molar refractivity (Wildman–Crippen MR) is 74.8 cm³/mol. The maximum atomic E-state index is 11.0. The molecule has 0 amide bonds. The number of phenolic OH excluding ortho intramolecular Hbond substituents is 1. The van der Waals surface area contributed by atoms with Crippen LogP contribution in [0.4, 0.5) is 5.69 Å². The summed E-state index contributed by atoms with van der Waals surface area (Å²) in [7, 11) is -4.15. The van der Waals surface area contributed by atoms with Crippen molar-refractivity contribution in [2.24, 2.45) is 0 Å². The van der Waals surface area contributed by atoms with Crippen molar-refractivity contribution in [2.75, 3.05) is 5.73 Å². The summed E-state index contributed by atoms with van der Waals surface area (Å²) in [6, 6.07) is 5.13. The average Bonchev–Trinajstić information content (AvgIpc) is 2.28. The molecule has 0 atom stereocenters. The number of anilines is 1. The number of nitrogen functional groups attached to an aromatic ring is 1. The zero-order valence-electron chi connectivity index (χ0n) is 10.6. The van der Waals surface area contributed by atoms with Gasteiger partial charge in [0.05, 0.1) is 0 Å². The molecule has 0 spiro atoms. The Balaban J connectivity index is 2.84. The number of rotatable bonds is 2. The van der Waals surface area contributed by atoms with Gasteiger partial charge in [0, 0.05) is 11.1 Å². The maximum Gasteiger partial charge on any atom is 0.269 e. The highest BCUT2D eigenvalue weighted by atomic mass is 32.2. The Bertz CT molecular complexity index is 766. The Morgan fingerprint density at radius 1 is 1.26 bits per heavy atom. The van der Waals surface area contributed by atoms with E-state index in [1.54, 1.807) is 25.1 Å². The van der Waals surface area contributed by atoms with Crippen LogP contribution in [0.2, 0.25) is 0 Å². The minimum atomic E-state index is -4.15. The van der Waals surface area contributed by atoms with Crippen LogP contribution in [-0.4, -0.2) is 18.1 Å². The molecule has 0 aliphatic rings. The summed E-state index contributed by atoms with van der Waals surface area (Å²) in [6.07, 6.45) is 0. The summed E-state index contributed by atoms with van der Waals surface area (Å²) in [6.45, 7) is 3.44. The Hall–Kier alpha value is -1.79. The van der Waals surface area contributed by atoms with Gasteiger partial charge in [-0.05, 0) is 48.1 Å². The molecule has 2 rings (SSSR count). The van der Waals surface area contributed by atoms with Gasteiger partial charge in [-0.1, -0.05) is 6.07 Å². The first-order valence-corrected chi connectivity index (χ1v) is 7.27. The van der Waals surface area contributed by atoms with Crippen LogP contribution in [0.5, 0.6) is 5.75 Å². The van der Waals surface area contributed by atoms with E-state index < -0.39 is 15.9 Å². The first-order chi connectivity index (χ1) is 8.70. The Kier molecular flexibility index (Phi) is 3.15. The monoisotopic (exact) mass is 281 g/mol. The second kappa shape index (κ2) is 4.40. The summed E-state index contributed by atoms with van der Waals surface area (Å²) in [4.78, 5) is 0. The zero-order chi connectivity index (χ0) is 14.4. The molecular weight excluding hydrogens is 266 g/mol. The van der Waals surface area contributed by atoms with Crippen molar-refractivity contribution in [3.8, 4) is 5.75 Å². The number of hydrogen-bond acceptors (Lipinski definition) is 4. The van der Waals surface area contributed by atoms with Gasteiger partial charge < -0.3 is 10.8 Å². The van der Waals surface area contributed by atoms with Crippen LogP contribution < -0.4 is 5.73 Å². The van der Waals surface area contributed by atoms with Crippen LogP contribution in [0.1, 0.15) is 16.7 Å². The summed E-state index contributed by atoms with van der Waals surface area (Å²) in [5.41, 5.74) is 7.91. The van der Waals surface area contributed by atoms with E-state index in [1.807, 2.05) is 6.92 Å². The van der Waals surface area contributed by atoms with Crippen molar-refractivity contribution >= 4 is 26.6 Å². The van der Waals surface area contributed by atoms with Gasteiger partial charge >= 0.3 is 0 Å². The smallest absolute Gasteiger partial charge is 0.269 e. The third kappa shape index (κ3) is 2.50. The molecule has 0 saturated heterocycles. The van der Waals surface area contributed by atoms with Crippen molar-refractivity contribution in [1.82, 2.24) is 0 Å². The average molecular weight is 281 g/mol. The van der Waals surface area contributed by atoms with Gasteiger partial charge in [0.25, 0.3) is 10.1 Å². The molecule has 2 aromatic rings. The molecular formula is C13H15NO4S. The van der Waals surface area contributed by atoms with Gasteiger partial charge in [-0.25, -0.2) is 0 Å². The van der Waals surface area contributed by atoms with Gasteiger partial charge in [0.15, 0.2) is 0 Å². The van der Waals surface area contributed by atoms with Crippen LogP contribution in [-0.2, 0) is 15.9 Å². The Morgan fingerprint density at radius 3 is 2.47 bits per heavy atom. The highest BCUT2D eigenvalue weighted by Crippen LogP contribution is 2.37. The number of benzene rings is 2. The fourth-order valence-corrected chi connectivity index (χ4v) is 2.85. The highest BCUT2D eigenvalue weighted by Gasteiger charge is 2.16. The summed E-state index contributed by atoms with van der Waals surface area (Å²) >= 11 is 0. The van der Waals surface area contributed by atoms with Crippen LogP contribution in [0.15, 0.2) is 18.2 Å². The molecule has 0 aliphatic heterocycles. The van der Waals surface area contributed by atoms with Crippen molar-refractivity contribution in [2.45, 2.75) is 19.6 Å². The van der Waals surface area contributed by atoms with Crippen molar-refractivity contribution < 1.29 is 18.1 Å². The standard InChI is InChI=1S/C13H15NO4S/c1-7-3-4-11(14)12-10(7)5-9(6-19(16,17)18)8(2)13(12)15/h3-5,15H,6,14H2,1-2H3,(H,16,17,18). The van der Waals surface area contributed by atoms with E-state index in [0.29, 0.717) is 27.6 Å². The third-order valence-electron chi connectivity index (χ3n) is 3.23. The van der Waals surface area contributed by atoms with E-state index in [-0.39, 0.29) is 5.75 Å². The first-order valence-electron chi connectivity index (χ1n) is 5.66. The second-order valence-electron chi connectivity index (χ2n) is 4.63. The summed E-state index contributed by atoms with van der Waals surface area (Å²) < 4.78 is 31.0. The van der Waals surface area contributed by atoms with Crippen LogP contribution >= 0.6 is 0 Å². The van der Waals surface area contributed by atoms with E-state index in [9.17, 15) is 13.5 Å². The number of hydrogen-bond donors (Lipinski definition) is 3. The van der Waals surface area contributed by atoms with Gasteiger partial charge in [0.1, 0.15) is 11.5 Å². The number of aryl methyl sites for hydroxylation is 1. The van der Waals surface area contributed by atoms with Gasteiger partial charge in [-0.2, -0.15) is 8.42 Å². The summed E-state index contributed by atoms with van der Waals surface area (Å²) in [5, 5.41) is 11.4. The number of phenols is 1. The fourth-order valence-electron chi connectivity index (χ4n) is 2.16. The molecule has 5 nitrogen and oxygen atoms in total. The van der Waals surface area contributed by atoms with E-state index >= 15 is 0 Å². The van der Waals surface area contributed by atoms with Crippen molar-refractivity contribution in [3.05, 3.63) is 34.9 Å². The minimum absolute atomic E-state index is 0.0441. The second-order valence-corrected chi connectivity index (χ2v) is 6.08. The lowest BCUT2D eigenvalue weighted by molar-refractivity contribution is 0.475. The normalized spacial score (nSPS) is 11.9. The van der Waals surface area contributed by atoms with E-state index in [2.05, 4.69) is 0 Å². The van der Waals surface area contributed by atoms with Crippen molar-refractivity contribution in [1.29, 1.82) is 0 Å². The molecule has 0 radical (unpaired) electrons. The lowest BCUT2D eigenvalue weighted by Crippen LogP contribution is -2.04. The minimum Gasteiger partial charge on any atom is -0.507 e. The van der Waals surface area contributed by atoms with Gasteiger partial charge in [-0.3, -0.25) is 4.55 Å². The van der Waals surface area contributed by atoms with E-state index in [1.165, 1.54) is 0 Å². The SMILES string of the molecule is Cc1c(CS(=O)(=O)O)cc2c(C)ccc(N)c2c1O.